The predicted octanol–water partition coefficient (Wildman–Crippen LogP) is 1.80. The van der Waals surface area contributed by atoms with Crippen LogP contribution in [0.5, 0.6) is 5.75 Å². The molecular formula is C14H18N4O2. The normalized spacial score (nSPS) is 17.3. The standard InChI is InChI=1S/C14H18N4O2/c1-19-12-4-2-10(3-5-12)13-16-14(20-17-13)11-6-8-18(15)9-7-11/h2-5,11H,6-9,15H2,1H3. The summed E-state index contributed by atoms with van der Waals surface area (Å²) in [7, 11) is 1.64. The van der Waals surface area contributed by atoms with Gasteiger partial charge in [-0.2, -0.15) is 4.98 Å². The van der Waals surface area contributed by atoms with Crippen molar-refractivity contribution in [1.82, 2.24) is 15.1 Å². The molecule has 0 radical (unpaired) electrons. The summed E-state index contributed by atoms with van der Waals surface area (Å²) in [5.74, 6) is 8.22. The average Bonchev–Trinajstić information content (AvgIpc) is 2.98. The minimum Gasteiger partial charge on any atom is -0.497 e. The van der Waals surface area contributed by atoms with Gasteiger partial charge >= 0.3 is 0 Å². The first-order valence-corrected chi connectivity index (χ1v) is 6.74. The summed E-state index contributed by atoms with van der Waals surface area (Å²) in [6, 6.07) is 7.63. The van der Waals surface area contributed by atoms with Gasteiger partial charge in [0.2, 0.25) is 11.7 Å². The highest BCUT2D eigenvalue weighted by atomic mass is 16.5. The molecule has 1 aliphatic rings. The quantitative estimate of drug-likeness (QED) is 0.860. The molecule has 1 fully saturated rings. The molecule has 3 rings (SSSR count). The molecule has 6 nitrogen and oxygen atoms in total. The van der Waals surface area contributed by atoms with Crippen molar-refractivity contribution in [1.29, 1.82) is 0 Å². The lowest BCUT2D eigenvalue weighted by atomic mass is 9.98. The van der Waals surface area contributed by atoms with Crippen LogP contribution in [0.2, 0.25) is 0 Å². The van der Waals surface area contributed by atoms with Crippen LogP contribution in [0.25, 0.3) is 11.4 Å². The first-order chi connectivity index (χ1) is 9.76. The van der Waals surface area contributed by atoms with Crippen LogP contribution in [0.3, 0.4) is 0 Å². The van der Waals surface area contributed by atoms with E-state index >= 15 is 0 Å². The predicted molar refractivity (Wildman–Crippen MR) is 74.0 cm³/mol. The number of rotatable bonds is 3. The van der Waals surface area contributed by atoms with Gasteiger partial charge in [-0.15, -0.1) is 0 Å². The Hall–Kier alpha value is -1.92. The summed E-state index contributed by atoms with van der Waals surface area (Å²) in [4.78, 5) is 4.51. The second kappa shape index (κ2) is 5.60. The summed E-state index contributed by atoms with van der Waals surface area (Å²) in [5.41, 5.74) is 0.928. The van der Waals surface area contributed by atoms with Gasteiger partial charge in [0.1, 0.15) is 5.75 Å². The molecule has 106 valence electrons. The maximum Gasteiger partial charge on any atom is 0.230 e. The molecule has 0 saturated carbocycles. The number of aromatic nitrogens is 2. The largest absolute Gasteiger partial charge is 0.497 e. The first-order valence-electron chi connectivity index (χ1n) is 6.74. The van der Waals surface area contributed by atoms with E-state index in [2.05, 4.69) is 10.1 Å². The van der Waals surface area contributed by atoms with E-state index in [9.17, 15) is 0 Å². The van der Waals surface area contributed by atoms with Gasteiger partial charge in [0.25, 0.3) is 0 Å². The van der Waals surface area contributed by atoms with Crippen molar-refractivity contribution in [3.05, 3.63) is 30.2 Å². The molecule has 2 N–H and O–H groups in total. The van der Waals surface area contributed by atoms with Crippen LogP contribution in [0.4, 0.5) is 0 Å². The minimum atomic E-state index is 0.314. The fraction of sp³-hybridized carbons (Fsp3) is 0.429. The van der Waals surface area contributed by atoms with Crippen LogP contribution in [0.15, 0.2) is 28.8 Å². The van der Waals surface area contributed by atoms with E-state index in [4.69, 9.17) is 15.1 Å². The Kier molecular flexibility index (Phi) is 3.66. The Morgan fingerprint density at radius 2 is 1.95 bits per heavy atom. The lowest BCUT2D eigenvalue weighted by Crippen LogP contribution is -2.38. The molecule has 1 aliphatic heterocycles. The van der Waals surface area contributed by atoms with Gasteiger partial charge in [-0.05, 0) is 37.1 Å². The van der Waals surface area contributed by atoms with Crippen molar-refractivity contribution in [3.63, 3.8) is 0 Å². The van der Waals surface area contributed by atoms with Gasteiger partial charge in [-0.1, -0.05) is 5.16 Å². The van der Waals surface area contributed by atoms with Crippen molar-refractivity contribution in [2.24, 2.45) is 5.84 Å². The summed E-state index contributed by atoms with van der Waals surface area (Å²) in [6.07, 6.45) is 1.92. The Labute approximate surface area is 117 Å². The highest BCUT2D eigenvalue weighted by Crippen LogP contribution is 2.28. The van der Waals surface area contributed by atoms with Crippen LogP contribution in [0.1, 0.15) is 24.7 Å². The molecule has 1 aromatic carbocycles. The summed E-state index contributed by atoms with van der Waals surface area (Å²) in [6.45, 7) is 1.73. The molecule has 6 heteroatoms. The number of hydrogen-bond donors (Lipinski definition) is 1. The van der Waals surface area contributed by atoms with E-state index in [1.165, 1.54) is 0 Å². The van der Waals surface area contributed by atoms with Gasteiger partial charge in [-0.3, -0.25) is 5.84 Å². The van der Waals surface area contributed by atoms with E-state index in [0.717, 1.165) is 37.2 Å². The summed E-state index contributed by atoms with van der Waals surface area (Å²) in [5, 5.41) is 5.89. The van der Waals surface area contributed by atoms with Crippen molar-refractivity contribution in [3.8, 4) is 17.1 Å². The third kappa shape index (κ3) is 2.66. The molecule has 0 atom stereocenters. The van der Waals surface area contributed by atoms with Crippen molar-refractivity contribution in [2.45, 2.75) is 18.8 Å². The van der Waals surface area contributed by atoms with E-state index in [-0.39, 0.29) is 0 Å². The highest BCUT2D eigenvalue weighted by Gasteiger charge is 2.24. The van der Waals surface area contributed by atoms with Crippen molar-refractivity contribution < 1.29 is 9.26 Å². The number of nitrogens with two attached hydrogens (primary N) is 1. The highest BCUT2D eigenvalue weighted by molar-refractivity contribution is 5.55. The van der Waals surface area contributed by atoms with Crippen molar-refractivity contribution in [2.75, 3.05) is 20.2 Å². The molecule has 0 amide bonds. The molecule has 2 heterocycles. The SMILES string of the molecule is COc1ccc(-c2noc(C3CCN(N)CC3)n2)cc1. The van der Waals surface area contributed by atoms with Gasteiger partial charge in [-0.25, -0.2) is 5.01 Å². The van der Waals surface area contributed by atoms with Crippen molar-refractivity contribution >= 4 is 0 Å². The second-order valence-electron chi connectivity index (χ2n) is 4.99. The number of hydrazine groups is 1. The van der Waals surface area contributed by atoms with Crippen LogP contribution < -0.4 is 10.6 Å². The average molecular weight is 274 g/mol. The molecule has 0 spiro atoms. The molecule has 0 unspecified atom stereocenters. The topological polar surface area (TPSA) is 77.4 Å². The zero-order chi connectivity index (χ0) is 13.9. The zero-order valence-corrected chi connectivity index (χ0v) is 11.5. The van der Waals surface area contributed by atoms with E-state index in [1.54, 1.807) is 7.11 Å². The molecule has 1 aromatic heterocycles. The smallest absolute Gasteiger partial charge is 0.230 e. The maximum atomic E-state index is 5.75. The fourth-order valence-corrected chi connectivity index (χ4v) is 2.40. The Bertz CT molecular complexity index is 559. The second-order valence-corrected chi connectivity index (χ2v) is 4.99. The minimum absolute atomic E-state index is 0.314. The van der Waals surface area contributed by atoms with Gasteiger partial charge in [0.05, 0.1) is 7.11 Å². The lowest BCUT2D eigenvalue weighted by molar-refractivity contribution is 0.198. The zero-order valence-electron chi connectivity index (χ0n) is 11.5. The molecule has 0 bridgehead atoms. The molecule has 20 heavy (non-hydrogen) atoms. The molecular weight excluding hydrogens is 256 g/mol. The third-order valence-corrected chi connectivity index (χ3v) is 3.67. The van der Waals surface area contributed by atoms with Crippen LogP contribution in [-0.4, -0.2) is 35.3 Å². The van der Waals surface area contributed by atoms with E-state index in [1.807, 2.05) is 29.3 Å². The molecule has 2 aromatic rings. The Morgan fingerprint density at radius 1 is 1.25 bits per heavy atom. The number of ether oxygens (including phenoxy) is 1. The Morgan fingerprint density at radius 3 is 2.60 bits per heavy atom. The maximum absolute atomic E-state index is 5.75. The number of methoxy groups -OCH3 is 1. The molecule has 0 aliphatic carbocycles. The van der Waals surface area contributed by atoms with Gasteiger partial charge < -0.3 is 9.26 Å². The number of benzene rings is 1. The number of hydrogen-bond acceptors (Lipinski definition) is 6. The van der Waals surface area contributed by atoms with Crippen LogP contribution in [-0.2, 0) is 0 Å². The first kappa shape index (κ1) is 13.1. The van der Waals surface area contributed by atoms with Gasteiger partial charge in [0, 0.05) is 24.6 Å². The lowest BCUT2D eigenvalue weighted by Gasteiger charge is -2.25. The Balaban J connectivity index is 1.75. The van der Waals surface area contributed by atoms with E-state index in [0.29, 0.717) is 17.6 Å². The summed E-state index contributed by atoms with van der Waals surface area (Å²) < 4.78 is 10.5. The summed E-state index contributed by atoms with van der Waals surface area (Å²) >= 11 is 0. The number of nitrogens with zero attached hydrogens (tertiary/aromatic N) is 3. The number of piperidine rings is 1. The monoisotopic (exact) mass is 274 g/mol. The third-order valence-electron chi connectivity index (χ3n) is 3.67. The van der Waals surface area contributed by atoms with Crippen LogP contribution >= 0.6 is 0 Å². The fourth-order valence-electron chi connectivity index (χ4n) is 2.40. The molecule has 1 saturated heterocycles. The van der Waals surface area contributed by atoms with Crippen LogP contribution in [0, 0.1) is 0 Å². The van der Waals surface area contributed by atoms with E-state index < -0.39 is 0 Å². The van der Waals surface area contributed by atoms with Gasteiger partial charge in [0.15, 0.2) is 0 Å².